The summed E-state index contributed by atoms with van der Waals surface area (Å²) in [5, 5.41) is 18.7. The van der Waals surface area contributed by atoms with E-state index in [0.29, 0.717) is 17.7 Å². The summed E-state index contributed by atoms with van der Waals surface area (Å²) in [6, 6.07) is 13.3. The maximum Gasteiger partial charge on any atom is 0.0992 e. The summed E-state index contributed by atoms with van der Waals surface area (Å²) < 4.78 is 0. The van der Waals surface area contributed by atoms with Gasteiger partial charge in [0, 0.05) is 12.7 Å². The maximum atomic E-state index is 9.73. The van der Waals surface area contributed by atoms with Crippen LogP contribution in [0.2, 0.25) is 0 Å². The Labute approximate surface area is 118 Å². The first-order valence-corrected chi connectivity index (χ1v) is 6.53. The molecule has 1 N–H and O–H groups in total. The van der Waals surface area contributed by atoms with Crippen LogP contribution in [0.4, 0.5) is 11.4 Å². The van der Waals surface area contributed by atoms with Crippen LogP contribution in [0.5, 0.6) is 0 Å². The second kappa shape index (κ2) is 6.18. The summed E-state index contributed by atoms with van der Waals surface area (Å²) in [4.78, 5) is 6.24. The van der Waals surface area contributed by atoms with Crippen molar-refractivity contribution in [3.63, 3.8) is 0 Å². The lowest BCUT2D eigenvalue weighted by molar-refractivity contribution is 0.169. The van der Waals surface area contributed by atoms with Gasteiger partial charge in [0.15, 0.2) is 0 Å². The number of rotatable bonds is 4. The Kier molecular flexibility index (Phi) is 4.34. The molecule has 0 saturated heterocycles. The number of benzene rings is 1. The Morgan fingerprint density at radius 2 is 2.10 bits per heavy atom. The zero-order valence-corrected chi connectivity index (χ0v) is 11.6. The van der Waals surface area contributed by atoms with Crippen LogP contribution in [0.1, 0.15) is 30.7 Å². The van der Waals surface area contributed by atoms with Crippen molar-refractivity contribution in [3.8, 4) is 6.07 Å². The number of nitriles is 1. The summed E-state index contributed by atoms with van der Waals surface area (Å²) in [6.45, 7) is 1.92. The van der Waals surface area contributed by atoms with Gasteiger partial charge in [0.2, 0.25) is 0 Å². The molecule has 102 valence electrons. The Bertz CT molecular complexity index is 616. The Balaban J connectivity index is 2.24. The second-order valence-corrected chi connectivity index (χ2v) is 4.59. The maximum absolute atomic E-state index is 9.73. The van der Waals surface area contributed by atoms with E-state index in [2.05, 4.69) is 11.1 Å². The third-order valence-electron chi connectivity index (χ3n) is 3.25. The molecule has 4 nitrogen and oxygen atoms in total. The summed E-state index contributed by atoms with van der Waals surface area (Å²) in [5.41, 5.74) is 3.14. The highest BCUT2D eigenvalue weighted by atomic mass is 16.3. The minimum absolute atomic E-state index is 0.517. The third kappa shape index (κ3) is 2.95. The number of aliphatic hydroxyl groups excluding tert-OH is 1. The van der Waals surface area contributed by atoms with Crippen molar-refractivity contribution in [1.82, 2.24) is 4.98 Å². The van der Waals surface area contributed by atoms with Crippen LogP contribution in [-0.4, -0.2) is 17.1 Å². The molecule has 2 aromatic rings. The molecule has 1 aromatic carbocycles. The van der Waals surface area contributed by atoms with Crippen molar-refractivity contribution in [2.75, 3.05) is 11.9 Å². The molecule has 1 aromatic heterocycles. The largest absolute Gasteiger partial charge is 0.387 e. The van der Waals surface area contributed by atoms with Gasteiger partial charge in [-0.15, -0.1) is 0 Å². The molecule has 0 aliphatic heterocycles. The number of hydrogen-bond acceptors (Lipinski definition) is 4. The summed E-state index contributed by atoms with van der Waals surface area (Å²) in [6.07, 6.45) is 1.86. The van der Waals surface area contributed by atoms with Crippen molar-refractivity contribution in [2.45, 2.75) is 19.4 Å². The topological polar surface area (TPSA) is 60.1 Å². The van der Waals surface area contributed by atoms with Crippen molar-refractivity contribution in [3.05, 3.63) is 53.9 Å². The van der Waals surface area contributed by atoms with Crippen molar-refractivity contribution in [2.24, 2.45) is 0 Å². The lowest BCUT2D eigenvalue weighted by Gasteiger charge is -2.20. The molecule has 0 radical (unpaired) electrons. The molecule has 2 rings (SSSR count). The van der Waals surface area contributed by atoms with Gasteiger partial charge >= 0.3 is 0 Å². The third-order valence-corrected chi connectivity index (χ3v) is 3.25. The van der Waals surface area contributed by atoms with Crippen molar-refractivity contribution < 1.29 is 5.11 Å². The van der Waals surface area contributed by atoms with E-state index in [1.165, 1.54) is 0 Å². The lowest BCUT2D eigenvalue weighted by Crippen LogP contribution is -2.10. The number of aliphatic hydroxyl groups is 1. The fraction of sp³-hybridized carbons (Fsp3) is 0.250. The van der Waals surface area contributed by atoms with Crippen molar-refractivity contribution >= 4 is 11.4 Å². The minimum Gasteiger partial charge on any atom is -0.387 e. The van der Waals surface area contributed by atoms with Gasteiger partial charge in [-0.3, -0.25) is 4.98 Å². The van der Waals surface area contributed by atoms with Crippen LogP contribution in [0.3, 0.4) is 0 Å². The first-order chi connectivity index (χ1) is 9.65. The molecule has 0 spiro atoms. The Morgan fingerprint density at radius 1 is 1.30 bits per heavy atom. The van der Waals surface area contributed by atoms with Crippen molar-refractivity contribution in [1.29, 1.82) is 5.26 Å². The number of hydrogen-bond donors (Lipinski definition) is 1. The van der Waals surface area contributed by atoms with E-state index in [0.717, 1.165) is 11.4 Å². The van der Waals surface area contributed by atoms with Crippen LogP contribution in [0.25, 0.3) is 0 Å². The summed E-state index contributed by atoms with van der Waals surface area (Å²) in [5.74, 6) is 0. The molecule has 20 heavy (non-hydrogen) atoms. The lowest BCUT2D eigenvalue weighted by atomic mass is 10.1. The molecular formula is C16H17N3O. The van der Waals surface area contributed by atoms with E-state index in [1.807, 2.05) is 49.2 Å². The molecule has 0 aliphatic rings. The average molecular weight is 267 g/mol. The normalized spacial score (nSPS) is 11.7. The van der Waals surface area contributed by atoms with Crippen LogP contribution in [0, 0.1) is 11.3 Å². The fourth-order valence-electron chi connectivity index (χ4n) is 1.94. The van der Waals surface area contributed by atoms with Crippen LogP contribution >= 0.6 is 0 Å². The monoisotopic (exact) mass is 267 g/mol. The molecule has 4 heteroatoms. The van der Waals surface area contributed by atoms with Crippen LogP contribution in [0.15, 0.2) is 42.6 Å². The van der Waals surface area contributed by atoms with Gasteiger partial charge in [-0.2, -0.15) is 5.26 Å². The minimum atomic E-state index is -0.517. The molecular weight excluding hydrogens is 250 g/mol. The van der Waals surface area contributed by atoms with E-state index in [9.17, 15) is 5.11 Å². The second-order valence-electron chi connectivity index (χ2n) is 4.59. The SMILES string of the molecule is CC[C@@H](O)c1ccc(N(C)c2cccc(C#N)c2)cn1. The van der Waals surface area contributed by atoms with Gasteiger partial charge in [-0.05, 0) is 36.8 Å². The van der Waals surface area contributed by atoms with E-state index < -0.39 is 6.10 Å². The molecule has 1 heterocycles. The molecule has 0 aliphatic carbocycles. The summed E-state index contributed by atoms with van der Waals surface area (Å²) >= 11 is 0. The molecule has 0 unspecified atom stereocenters. The quantitative estimate of drug-likeness (QED) is 0.924. The fourth-order valence-corrected chi connectivity index (χ4v) is 1.94. The van der Waals surface area contributed by atoms with E-state index >= 15 is 0 Å². The van der Waals surface area contributed by atoms with E-state index in [4.69, 9.17) is 5.26 Å². The van der Waals surface area contributed by atoms with Crippen LogP contribution in [-0.2, 0) is 0 Å². The smallest absolute Gasteiger partial charge is 0.0992 e. The number of nitrogens with zero attached hydrogens (tertiary/aromatic N) is 3. The number of pyridine rings is 1. The molecule has 0 bridgehead atoms. The average Bonchev–Trinajstić information content (AvgIpc) is 2.53. The molecule has 0 fully saturated rings. The van der Waals surface area contributed by atoms with E-state index in [1.54, 1.807) is 12.3 Å². The summed E-state index contributed by atoms with van der Waals surface area (Å²) in [7, 11) is 1.92. The number of aromatic nitrogens is 1. The molecule has 0 amide bonds. The first kappa shape index (κ1) is 14.0. The van der Waals surface area contributed by atoms with Gasteiger partial charge in [-0.25, -0.2) is 0 Å². The van der Waals surface area contributed by atoms with Gasteiger partial charge < -0.3 is 10.0 Å². The zero-order valence-electron chi connectivity index (χ0n) is 11.6. The number of anilines is 2. The predicted octanol–water partition coefficient (Wildman–Crippen LogP) is 3.16. The van der Waals surface area contributed by atoms with Gasteiger partial charge in [0.25, 0.3) is 0 Å². The first-order valence-electron chi connectivity index (χ1n) is 6.53. The van der Waals surface area contributed by atoms with Crippen LogP contribution < -0.4 is 4.90 Å². The Morgan fingerprint density at radius 3 is 2.70 bits per heavy atom. The highest BCUT2D eigenvalue weighted by molar-refractivity contribution is 5.63. The van der Waals surface area contributed by atoms with Gasteiger partial charge in [0.1, 0.15) is 0 Å². The Hall–Kier alpha value is -2.38. The molecule has 1 atom stereocenters. The highest BCUT2D eigenvalue weighted by Gasteiger charge is 2.09. The van der Waals surface area contributed by atoms with Gasteiger partial charge in [0.05, 0.1) is 35.3 Å². The van der Waals surface area contributed by atoms with E-state index in [-0.39, 0.29) is 0 Å². The molecule has 0 saturated carbocycles. The predicted molar refractivity (Wildman–Crippen MR) is 78.7 cm³/mol. The standard InChI is InChI=1S/C16H17N3O/c1-3-16(20)15-8-7-14(11-18-15)19(2)13-6-4-5-12(9-13)10-17/h4-9,11,16,20H,3H2,1-2H3/t16-/m1/s1. The highest BCUT2D eigenvalue weighted by Crippen LogP contribution is 2.24. The zero-order chi connectivity index (χ0) is 14.5. The van der Waals surface area contributed by atoms with Gasteiger partial charge in [-0.1, -0.05) is 13.0 Å².